The zero-order valence-corrected chi connectivity index (χ0v) is 12.6. The minimum atomic E-state index is -0.241. The van der Waals surface area contributed by atoms with E-state index in [2.05, 4.69) is 4.98 Å². The number of H-pyrrole nitrogens is 1. The second-order valence-corrected chi connectivity index (χ2v) is 5.69. The van der Waals surface area contributed by atoms with E-state index in [-0.39, 0.29) is 17.1 Å². The summed E-state index contributed by atoms with van der Waals surface area (Å²) < 4.78 is 0. The van der Waals surface area contributed by atoms with Crippen molar-refractivity contribution in [3.8, 4) is 11.5 Å². The number of aryl methyl sites for hydroxylation is 1. The molecule has 0 saturated heterocycles. The highest BCUT2D eigenvalue weighted by atomic mass is 35.5. The zero-order valence-electron chi connectivity index (χ0n) is 11.9. The molecule has 0 fully saturated rings. The summed E-state index contributed by atoms with van der Waals surface area (Å²) in [6, 6.07) is 9.99. The molecule has 0 bridgehead atoms. The van der Waals surface area contributed by atoms with Crippen LogP contribution in [0.25, 0.3) is 10.9 Å². The molecular formula is C17H14ClNO3. The highest BCUT2D eigenvalue weighted by Crippen LogP contribution is 2.31. The van der Waals surface area contributed by atoms with E-state index in [9.17, 15) is 15.0 Å². The Kier molecular flexibility index (Phi) is 3.54. The first-order valence-corrected chi connectivity index (χ1v) is 7.15. The van der Waals surface area contributed by atoms with Gasteiger partial charge in [0, 0.05) is 34.5 Å². The van der Waals surface area contributed by atoms with Gasteiger partial charge in [-0.3, -0.25) is 4.79 Å². The molecule has 3 aromatic rings. The van der Waals surface area contributed by atoms with Crippen LogP contribution in [0, 0.1) is 6.92 Å². The van der Waals surface area contributed by atoms with Crippen LogP contribution in [0.3, 0.4) is 0 Å². The number of phenolic OH excluding ortho intramolecular Hbond substituents is 2. The topological polar surface area (TPSA) is 73.3 Å². The van der Waals surface area contributed by atoms with Crippen LogP contribution in [0.4, 0.5) is 0 Å². The highest BCUT2D eigenvalue weighted by Gasteiger charge is 2.14. The van der Waals surface area contributed by atoms with Gasteiger partial charge in [-0.05, 0) is 30.2 Å². The van der Waals surface area contributed by atoms with Crippen LogP contribution < -0.4 is 5.56 Å². The lowest BCUT2D eigenvalue weighted by Crippen LogP contribution is -2.15. The molecule has 0 amide bonds. The van der Waals surface area contributed by atoms with Crippen LogP contribution in [0.2, 0.25) is 5.02 Å². The molecule has 0 unspecified atom stereocenters. The van der Waals surface area contributed by atoms with E-state index in [0.717, 1.165) is 5.56 Å². The highest BCUT2D eigenvalue weighted by molar-refractivity contribution is 6.30. The molecule has 0 aliphatic carbocycles. The predicted molar refractivity (Wildman–Crippen MR) is 86.9 cm³/mol. The fourth-order valence-corrected chi connectivity index (χ4v) is 2.90. The number of rotatable bonds is 2. The van der Waals surface area contributed by atoms with Crippen molar-refractivity contribution in [2.24, 2.45) is 0 Å². The number of aromatic nitrogens is 1. The van der Waals surface area contributed by atoms with Crippen molar-refractivity contribution < 1.29 is 10.2 Å². The van der Waals surface area contributed by atoms with Gasteiger partial charge >= 0.3 is 0 Å². The number of hydrogen-bond acceptors (Lipinski definition) is 3. The lowest BCUT2D eigenvalue weighted by atomic mass is 9.98. The van der Waals surface area contributed by atoms with Crippen molar-refractivity contribution in [3.63, 3.8) is 0 Å². The van der Waals surface area contributed by atoms with Gasteiger partial charge < -0.3 is 15.2 Å². The minimum Gasteiger partial charge on any atom is -0.508 e. The van der Waals surface area contributed by atoms with Crippen LogP contribution >= 0.6 is 11.6 Å². The number of pyridine rings is 1. The number of phenols is 2. The molecular weight excluding hydrogens is 302 g/mol. The fourth-order valence-electron chi connectivity index (χ4n) is 2.69. The predicted octanol–water partition coefficient (Wildman–Crippen LogP) is 3.49. The van der Waals surface area contributed by atoms with Crippen molar-refractivity contribution in [2.75, 3.05) is 0 Å². The number of nitrogens with one attached hydrogen (secondary N) is 1. The Balaban J connectivity index is 2.20. The number of fused-ring (bicyclic) bond motifs is 1. The largest absolute Gasteiger partial charge is 0.508 e. The third kappa shape index (κ3) is 2.53. The van der Waals surface area contributed by atoms with E-state index in [4.69, 9.17) is 11.6 Å². The molecule has 5 heteroatoms. The SMILES string of the molecule is Cc1c(Cc2cccc(Cl)c2)c(=O)[nH]c2cc(O)cc(O)c12. The summed E-state index contributed by atoms with van der Waals surface area (Å²) in [6.45, 7) is 1.79. The van der Waals surface area contributed by atoms with E-state index in [1.165, 1.54) is 12.1 Å². The van der Waals surface area contributed by atoms with Gasteiger partial charge in [-0.15, -0.1) is 0 Å². The van der Waals surface area contributed by atoms with Crippen LogP contribution in [-0.4, -0.2) is 15.2 Å². The lowest BCUT2D eigenvalue weighted by Gasteiger charge is -2.11. The first kappa shape index (κ1) is 14.5. The summed E-state index contributed by atoms with van der Waals surface area (Å²) in [5, 5.41) is 20.7. The Hall–Kier alpha value is -2.46. The van der Waals surface area contributed by atoms with Gasteiger partial charge in [0.2, 0.25) is 0 Å². The van der Waals surface area contributed by atoms with Gasteiger partial charge in [-0.25, -0.2) is 0 Å². The van der Waals surface area contributed by atoms with E-state index in [1.807, 2.05) is 12.1 Å². The number of benzene rings is 2. The van der Waals surface area contributed by atoms with E-state index in [0.29, 0.717) is 33.5 Å². The number of aromatic hydroxyl groups is 2. The lowest BCUT2D eigenvalue weighted by molar-refractivity contribution is 0.455. The van der Waals surface area contributed by atoms with Gasteiger partial charge in [0.15, 0.2) is 0 Å². The molecule has 2 aromatic carbocycles. The van der Waals surface area contributed by atoms with Crippen LogP contribution in [0.1, 0.15) is 16.7 Å². The molecule has 22 heavy (non-hydrogen) atoms. The molecule has 4 nitrogen and oxygen atoms in total. The maximum absolute atomic E-state index is 12.3. The van der Waals surface area contributed by atoms with E-state index in [1.54, 1.807) is 19.1 Å². The van der Waals surface area contributed by atoms with Crippen molar-refractivity contribution >= 4 is 22.5 Å². The molecule has 0 aliphatic rings. The molecule has 1 aromatic heterocycles. The molecule has 0 radical (unpaired) electrons. The summed E-state index contributed by atoms with van der Waals surface area (Å²) in [4.78, 5) is 15.0. The van der Waals surface area contributed by atoms with Gasteiger partial charge in [-0.2, -0.15) is 0 Å². The third-order valence-corrected chi connectivity index (χ3v) is 3.96. The van der Waals surface area contributed by atoms with Gasteiger partial charge in [0.05, 0.1) is 5.52 Å². The molecule has 0 saturated carbocycles. The monoisotopic (exact) mass is 315 g/mol. The summed E-state index contributed by atoms with van der Waals surface area (Å²) in [5.74, 6) is -0.154. The molecule has 3 N–H and O–H groups in total. The van der Waals surface area contributed by atoms with E-state index >= 15 is 0 Å². The minimum absolute atomic E-state index is 0.0592. The molecule has 0 spiro atoms. The third-order valence-electron chi connectivity index (χ3n) is 3.72. The second kappa shape index (κ2) is 5.39. The number of aromatic amines is 1. The average molecular weight is 316 g/mol. The molecule has 3 rings (SSSR count). The van der Waals surface area contributed by atoms with Crippen molar-refractivity contribution in [2.45, 2.75) is 13.3 Å². The number of halogens is 1. The maximum atomic E-state index is 12.3. The molecule has 112 valence electrons. The van der Waals surface area contributed by atoms with Crippen LogP contribution in [-0.2, 0) is 6.42 Å². The molecule has 0 atom stereocenters. The first-order valence-electron chi connectivity index (χ1n) is 6.77. The van der Waals surface area contributed by atoms with Crippen molar-refractivity contribution in [1.29, 1.82) is 0 Å². The first-order chi connectivity index (χ1) is 10.5. The Labute approximate surface area is 131 Å². The maximum Gasteiger partial charge on any atom is 0.252 e. The second-order valence-electron chi connectivity index (χ2n) is 5.25. The fraction of sp³-hybridized carbons (Fsp3) is 0.118. The van der Waals surface area contributed by atoms with Crippen molar-refractivity contribution in [3.05, 3.63) is 68.5 Å². The smallest absolute Gasteiger partial charge is 0.252 e. The van der Waals surface area contributed by atoms with Crippen LogP contribution in [0.15, 0.2) is 41.2 Å². The average Bonchev–Trinajstić information content (AvgIpc) is 2.42. The zero-order chi connectivity index (χ0) is 15.9. The summed E-state index contributed by atoms with van der Waals surface area (Å²) in [5.41, 5.74) is 2.34. The normalized spacial score (nSPS) is 11.0. The van der Waals surface area contributed by atoms with Crippen LogP contribution in [0.5, 0.6) is 11.5 Å². The van der Waals surface area contributed by atoms with E-state index < -0.39 is 0 Å². The molecule has 1 heterocycles. The molecule has 0 aliphatic heterocycles. The Bertz CT molecular complexity index is 931. The Morgan fingerprint density at radius 3 is 2.68 bits per heavy atom. The Morgan fingerprint density at radius 1 is 1.18 bits per heavy atom. The summed E-state index contributed by atoms with van der Waals surface area (Å²) in [6.07, 6.45) is 0.415. The Morgan fingerprint density at radius 2 is 1.95 bits per heavy atom. The van der Waals surface area contributed by atoms with Gasteiger partial charge in [0.25, 0.3) is 5.56 Å². The summed E-state index contributed by atoms with van der Waals surface area (Å²) >= 11 is 5.97. The van der Waals surface area contributed by atoms with Gasteiger partial charge in [0.1, 0.15) is 11.5 Å². The number of hydrogen-bond donors (Lipinski definition) is 3. The quantitative estimate of drug-likeness (QED) is 0.677. The van der Waals surface area contributed by atoms with Crippen molar-refractivity contribution in [1.82, 2.24) is 4.98 Å². The standard InChI is InChI=1S/C17H14ClNO3/c1-9-13(6-10-3-2-4-11(18)5-10)17(22)19-14-7-12(20)8-15(21)16(9)14/h2-5,7-8,20-21H,6H2,1H3,(H,19,22). The van der Waals surface area contributed by atoms with Gasteiger partial charge in [-0.1, -0.05) is 23.7 Å². The summed E-state index contributed by atoms with van der Waals surface area (Å²) in [7, 11) is 0.